The molecule has 88 valence electrons. The van der Waals surface area contributed by atoms with Crippen LogP contribution in [0.15, 0.2) is 24.3 Å². The molecule has 0 radical (unpaired) electrons. The fourth-order valence-corrected chi connectivity index (χ4v) is 2.22. The zero-order chi connectivity index (χ0) is 11.4. The molecule has 1 saturated heterocycles. The fraction of sp³-hybridized carbons (Fsp3) is 0.538. The average Bonchev–Trinajstić information content (AvgIpc) is 2.39. The first-order valence-corrected chi connectivity index (χ1v) is 6.12. The Hall–Kier alpha value is -1.06. The summed E-state index contributed by atoms with van der Waals surface area (Å²) in [6.45, 7) is 4.46. The molecule has 0 bridgehead atoms. The first-order chi connectivity index (χ1) is 7.81. The minimum atomic E-state index is 0.218. The van der Waals surface area contributed by atoms with Gasteiger partial charge in [0.1, 0.15) is 0 Å². The molecule has 1 aliphatic rings. The van der Waals surface area contributed by atoms with Gasteiger partial charge in [-0.05, 0) is 43.9 Å². The topological polar surface area (TPSA) is 41.3 Å². The van der Waals surface area contributed by atoms with Crippen LogP contribution in [0.5, 0.6) is 0 Å². The van der Waals surface area contributed by atoms with Gasteiger partial charge in [0.15, 0.2) is 0 Å². The number of benzene rings is 1. The molecule has 0 aliphatic carbocycles. The van der Waals surface area contributed by atoms with Crippen molar-refractivity contribution in [2.24, 2.45) is 5.84 Å². The number of nitrogens with one attached hydrogen (secondary N) is 1. The van der Waals surface area contributed by atoms with Crippen molar-refractivity contribution in [3.05, 3.63) is 29.8 Å². The summed E-state index contributed by atoms with van der Waals surface area (Å²) in [6, 6.07) is 8.95. The SMILES string of the molecule is C[C@@H](NN)c1ccc(N2CCCCC2)cc1. The van der Waals surface area contributed by atoms with Crippen molar-refractivity contribution in [2.75, 3.05) is 18.0 Å². The van der Waals surface area contributed by atoms with Crippen LogP contribution < -0.4 is 16.2 Å². The van der Waals surface area contributed by atoms with Crippen molar-refractivity contribution >= 4 is 5.69 Å². The molecule has 1 aromatic carbocycles. The van der Waals surface area contributed by atoms with E-state index in [-0.39, 0.29) is 6.04 Å². The predicted molar refractivity (Wildman–Crippen MR) is 68.2 cm³/mol. The van der Waals surface area contributed by atoms with Crippen LogP contribution in [0.25, 0.3) is 0 Å². The van der Waals surface area contributed by atoms with Crippen LogP contribution in [-0.4, -0.2) is 13.1 Å². The number of hydrogen-bond donors (Lipinski definition) is 2. The summed E-state index contributed by atoms with van der Waals surface area (Å²) >= 11 is 0. The Labute approximate surface area is 97.6 Å². The number of piperidine rings is 1. The van der Waals surface area contributed by atoms with E-state index in [1.165, 1.54) is 43.6 Å². The number of hydrogen-bond acceptors (Lipinski definition) is 3. The Kier molecular flexibility index (Phi) is 3.80. The van der Waals surface area contributed by atoms with Crippen LogP contribution in [-0.2, 0) is 0 Å². The number of nitrogens with zero attached hydrogens (tertiary/aromatic N) is 1. The molecule has 0 saturated carbocycles. The van der Waals surface area contributed by atoms with Crippen LogP contribution >= 0.6 is 0 Å². The minimum absolute atomic E-state index is 0.218. The first kappa shape index (κ1) is 11.4. The minimum Gasteiger partial charge on any atom is -0.372 e. The molecule has 0 unspecified atom stereocenters. The molecule has 3 nitrogen and oxygen atoms in total. The quantitative estimate of drug-likeness (QED) is 0.605. The number of anilines is 1. The van der Waals surface area contributed by atoms with Gasteiger partial charge in [0.25, 0.3) is 0 Å². The van der Waals surface area contributed by atoms with Gasteiger partial charge >= 0.3 is 0 Å². The lowest BCUT2D eigenvalue weighted by molar-refractivity contribution is 0.577. The summed E-state index contributed by atoms with van der Waals surface area (Å²) in [5.41, 5.74) is 5.35. The smallest absolute Gasteiger partial charge is 0.0431 e. The fourth-order valence-electron chi connectivity index (χ4n) is 2.22. The van der Waals surface area contributed by atoms with E-state index >= 15 is 0 Å². The maximum Gasteiger partial charge on any atom is 0.0431 e. The zero-order valence-electron chi connectivity index (χ0n) is 9.95. The molecule has 1 fully saturated rings. The Morgan fingerprint density at radius 1 is 1.12 bits per heavy atom. The van der Waals surface area contributed by atoms with Crippen LogP contribution in [0.3, 0.4) is 0 Å². The molecule has 1 aromatic rings. The molecule has 1 atom stereocenters. The van der Waals surface area contributed by atoms with Gasteiger partial charge < -0.3 is 4.90 Å². The molecule has 1 heterocycles. The maximum absolute atomic E-state index is 5.42. The van der Waals surface area contributed by atoms with E-state index in [1.54, 1.807) is 0 Å². The van der Waals surface area contributed by atoms with Gasteiger partial charge in [-0.1, -0.05) is 12.1 Å². The van der Waals surface area contributed by atoms with Gasteiger partial charge in [0, 0.05) is 24.8 Å². The second kappa shape index (κ2) is 5.32. The standard InChI is InChI=1S/C13H21N3/c1-11(15-14)12-5-7-13(8-6-12)16-9-3-2-4-10-16/h5-8,11,15H,2-4,9-10,14H2,1H3/t11-/m1/s1. The number of hydrazine groups is 1. The Balaban J connectivity index is 2.06. The van der Waals surface area contributed by atoms with Crippen LogP contribution in [0, 0.1) is 0 Å². The lowest BCUT2D eigenvalue weighted by atomic mass is 10.1. The molecule has 1 aliphatic heterocycles. The molecule has 0 spiro atoms. The van der Waals surface area contributed by atoms with E-state index in [9.17, 15) is 0 Å². The van der Waals surface area contributed by atoms with Crippen LogP contribution in [0.4, 0.5) is 5.69 Å². The van der Waals surface area contributed by atoms with Crippen LogP contribution in [0.2, 0.25) is 0 Å². The highest BCUT2D eigenvalue weighted by Gasteiger charge is 2.11. The summed E-state index contributed by atoms with van der Waals surface area (Å²) < 4.78 is 0. The molecule has 0 amide bonds. The van der Waals surface area contributed by atoms with Gasteiger partial charge in [-0.25, -0.2) is 0 Å². The third kappa shape index (κ3) is 2.54. The van der Waals surface area contributed by atoms with Crippen molar-refractivity contribution in [1.29, 1.82) is 0 Å². The Morgan fingerprint density at radius 2 is 1.75 bits per heavy atom. The van der Waals surface area contributed by atoms with Crippen molar-refractivity contribution in [2.45, 2.75) is 32.2 Å². The van der Waals surface area contributed by atoms with Gasteiger partial charge in [-0.3, -0.25) is 11.3 Å². The highest BCUT2D eigenvalue weighted by atomic mass is 15.2. The highest BCUT2D eigenvalue weighted by Crippen LogP contribution is 2.21. The molecular formula is C13H21N3. The number of rotatable bonds is 3. The summed E-state index contributed by atoms with van der Waals surface area (Å²) in [7, 11) is 0. The normalized spacial score (nSPS) is 18.5. The summed E-state index contributed by atoms with van der Waals surface area (Å²) in [6.07, 6.45) is 4.02. The van der Waals surface area contributed by atoms with E-state index < -0.39 is 0 Å². The lowest BCUT2D eigenvalue weighted by Crippen LogP contribution is -2.29. The average molecular weight is 219 g/mol. The van der Waals surface area contributed by atoms with Gasteiger partial charge in [0.2, 0.25) is 0 Å². The molecule has 3 heteroatoms. The van der Waals surface area contributed by atoms with Crippen molar-refractivity contribution in [3.8, 4) is 0 Å². The highest BCUT2D eigenvalue weighted by molar-refractivity contribution is 5.48. The third-order valence-electron chi connectivity index (χ3n) is 3.36. The third-order valence-corrected chi connectivity index (χ3v) is 3.36. The van der Waals surface area contributed by atoms with E-state index in [4.69, 9.17) is 5.84 Å². The van der Waals surface area contributed by atoms with Crippen molar-refractivity contribution in [1.82, 2.24) is 5.43 Å². The van der Waals surface area contributed by atoms with Gasteiger partial charge in [-0.15, -0.1) is 0 Å². The van der Waals surface area contributed by atoms with E-state index in [1.807, 2.05) is 0 Å². The molecule has 0 aromatic heterocycles. The van der Waals surface area contributed by atoms with Crippen molar-refractivity contribution < 1.29 is 0 Å². The largest absolute Gasteiger partial charge is 0.372 e. The molecule has 16 heavy (non-hydrogen) atoms. The summed E-state index contributed by atoms with van der Waals surface area (Å²) in [5.74, 6) is 5.42. The molecular weight excluding hydrogens is 198 g/mol. The Bertz CT molecular complexity index is 314. The molecule has 2 rings (SSSR count). The maximum atomic E-state index is 5.42. The van der Waals surface area contributed by atoms with Crippen LogP contribution in [0.1, 0.15) is 37.8 Å². The van der Waals surface area contributed by atoms with E-state index in [2.05, 4.69) is 41.5 Å². The van der Waals surface area contributed by atoms with E-state index in [0.29, 0.717) is 0 Å². The summed E-state index contributed by atoms with van der Waals surface area (Å²) in [5, 5.41) is 0. The zero-order valence-corrected chi connectivity index (χ0v) is 9.95. The van der Waals surface area contributed by atoms with E-state index in [0.717, 1.165) is 0 Å². The molecule has 3 N–H and O–H groups in total. The second-order valence-corrected chi connectivity index (χ2v) is 4.53. The number of nitrogens with two attached hydrogens (primary N) is 1. The van der Waals surface area contributed by atoms with Gasteiger partial charge in [0.05, 0.1) is 0 Å². The monoisotopic (exact) mass is 219 g/mol. The Morgan fingerprint density at radius 3 is 2.31 bits per heavy atom. The lowest BCUT2D eigenvalue weighted by Gasteiger charge is -2.29. The van der Waals surface area contributed by atoms with Gasteiger partial charge in [-0.2, -0.15) is 0 Å². The predicted octanol–water partition coefficient (Wildman–Crippen LogP) is 2.20. The second-order valence-electron chi connectivity index (χ2n) is 4.53. The summed E-state index contributed by atoms with van der Waals surface area (Å²) in [4.78, 5) is 2.47. The van der Waals surface area contributed by atoms with Crippen molar-refractivity contribution in [3.63, 3.8) is 0 Å². The first-order valence-electron chi connectivity index (χ1n) is 6.12.